The minimum absolute atomic E-state index is 0.0297. The van der Waals surface area contributed by atoms with Gasteiger partial charge in [-0.25, -0.2) is 4.79 Å². The molecule has 2 aliphatic heterocycles. The third-order valence-electron chi connectivity index (χ3n) is 4.12. The van der Waals surface area contributed by atoms with E-state index in [9.17, 15) is 14.4 Å². The topological polar surface area (TPSA) is 90.0 Å². The number of hydrogen-bond donors (Lipinski definition) is 2. The van der Waals surface area contributed by atoms with Gasteiger partial charge in [-0.05, 0) is 25.2 Å². The Morgan fingerprint density at radius 3 is 2.52 bits per heavy atom. The quantitative estimate of drug-likeness (QED) is 0.794. The van der Waals surface area contributed by atoms with Crippen LogP contribution in [0.5, 0.6) is 0 Å². The number of hydrogen-bond acceptors (Lipinski definition) is 3. The van der Waals surface area contributed by atoms with Gasteiger partial charge in [0.05, 0.1) is 0 Å². The van der Waals surface area contributed by atoms with E-state index in [1.807, 2.05) is 0 Å². The van der Waals surface area contributed by atoms with Crippen LogP contribution in [0.3, 0.4) is 0 Å². The van der Waals surface area contributed by atoms with E-state index in [4.69, 9.17) is 5.11 Å². The normalized spacial score (nSPS) is 25.8. The van der Waals surface area contributed by atoms with Crippen molar-refractivity contribution >= 4 is 17.9 Å². The van der Waals surface area contributed by atoms with Crippen molar-refractivity contribution < 1.29 is 19.5 Å². The molecule has 0 radical (unpaired) electrons. The molecule has 0 spiro atoms. The second-order valence-electron chi connectivity index (χ2n) is 5.97. The number of nitrogens with zero attached hydrogens (tertiary/aromatic N) is 2. The van der Waals surface area contributed by atoms with Gasteiger partial charge in [0.25, 0.3) is 0 Å². The standard InChI is InChI=1S/C14H23N3O4/c1-10(18)15-12-4-6-17(9-12)14(21)16-5-2-3-11(8-16)7-13(19)20/h11-12H,2-9H2,1H3,(H,15,18)(H,19,20). The Bertz CT molecular complexity index is 426. The molecule has 2 N–H and O–H groups in total. The molecule has 2 saturated heterocycles. The molecule has 7 nitrogen and oxygen atoms in total. The highest BCUT2D eigenvalue weighted by atomic mass is 16.4. The predicted molar refractivity (Wildman–Crippen MR) is 75.7 cm³/mol. The van der Waals surface area contributed by atoms with Gasteiger partial charge in [0, 0.05) is 45.6 Å². The number of aliphatic carboxylic acids is 1. The van der Waals surface area contributed by atoms with Gasteiger partial charge < -0.3 is 20.2 Å². The molecule has 0 saturated carbocycles. The highest BCUT2D eigenvalue weighted by Gasteiger charge is 2.32. The van der Waals surface area contributed by atoms with Gasteiger partial charge in [0.15, 0.2) is 0 Å². The summed E-state index contributed by atoms with van der Waals surface area (Å²) in [6, 6.07) is 0.00370. The molecule has 2 fully saturated rings. The maximum Gasteiger partial charge on any atom is 0.320 e. The van der Waals surface area contributed by atoms with Crippen molar-refractivity contribution in [3.8, 4) is 0 Å². The summed E-state index contributed by atoms with van der Waals surface area (Å²) in [6.07, 6.45) is 2.62. The molecule has 2 rings (SSSR count). The molecule has 0 aromatic carbocycles. The monoisotopic (exact) mass is 297 g/mol. The largest absolute Gasteiger partial charge is 0.481 e. The smallest absolute Gasteiger partial charge is 0.320 e. The van der Waals surface area contributed by atoms with Crippen molar-refractivity contribution in [2.24, 2.45) is 5.92 Å². The van der Waals surface area contributed by atoms with E-state index in [0.717, 1.165) is 19.3 Å². The number of likely N-dealkylation sites (tertiary alicyclic amines) is 2. The van der Waals surface area contributed by atoms with Crippen molar-refractivity contribution in [2.75, 3.05) is 26.2 Å². The molecular formula is C14H23N3O4. The molecule has 0 aromatic heterocycles. The highest BCUT2D eigenvalue weighted by molar-refractivity contribution is 5.76. The Hall–Kier alpha value is -1.79. The Balaban J connectivity index is 1.85. The second kappa shape index (κ2) is 6.78. The van der Waals surface area contributed by atoms with E-state index in [-0.39, 0.29) is 30.3 Å². The lowest BCUT2D eigenvalue weighted by atomic mass is 9.95. The Kier molecular flexibility index (Phi) is 5.03. The van der Waals surface area contributed by atoms with Crippen LogP contribution in [-0.2, 0) is 9.59 Å². The van der Waals surface area contributed by atoms with Crippen molar-refractivity contribution in [1.82, 2.24) is 15.1 Å². The third-order valence-corrected chi connectivity index (χ3v) is 4.12. The maximum atomic E-state index is 12.5. The fourth-order valence-corrected chi connectivity index (χ4v) is 3.19. The van der Waals surface area contributed by atoms with Gasteiger partial charge in [0.2, 0.25) is 5.91 Å². The van der Waals surface area contributed by atoms with E-state index in [0.29, 0.717) is 26.2 Å². The first kappa shape index (κ1) is 15.6. The molecule has 118 valence electrons. The SMILES string of the molecule is CC(=O)NC1CCN(C(=O)N2CCCC(CC(=O)O)C2)C1. The van der Waals surface area contributed by atoms with Crippen molar-refractivity contribution in [3.05, 3.63) is 0 Å². The second-order valence-corrected chi connectivity index (χ2v) is 5.97. The van der Waals surface area contributed by atoms with Gasteiger partial charge in [-0.3, -0.25) is 9.59 Å². The van der Waals surface area contributed by atoms with Crippen molar-refractivity contribution in [3.63, 3.8) is 0 Å². The molecule has 2 unspecified atom stereocenters. The summed E-state index contributed by atoms with van der Waals surface area (Å²) in [5, 5.41) is 11.7. The summed E-state index contributed by atoms with van der Waals surface area (Å²) in [5.41, 5.74) is 0. The van der Waals surface area contributed by atoms with Crippen molar-refractivity contribution in [2.45, 2.75) is 38.6 Å². The van der Waals surface area contributed by atoms with E-state index < -0.39 is 5.97 Å². The van der Waals surface area contributed by atoms with Crippen molar-refractivity contribution in [1.29, 1.82) is 0 Å². The number of carboxylic acids is 1. The fourth-order valence-electron chi connectivity index (χ4n) is 3.19. The van der Waals surface area contributed by atoms with Gasteiger partial charge in [-0.15, -0.1) is 0 Å². The Morgan fingerprint density at radius 1 is 1.14 bits per heavy atom. The van der Waals surface area contributed by atoms with E-state index in [1.54, 1.807) is 9.80 Å². The summed E-state index contributed by atoms with van der Waals surface area (Å²) in [4.78, 5) is 37.8. The lowest BCUT2D eigenvalue weighted by Gasteiger charge is -2.34. The van der Waals surface area contributed by atoms with Gasteiger partial charge in [-0.2, -0.15) is 0 Å². The minimum atomic E-state index is -0.804. The number of carbonyl (C=O) groups is 3. The minimum Gasteiger partial charge on any atom is -0.481 e. The Labute approximate surface area is 124 Å². The molecule has 0 bridgehead atoms. The number of nitrogens with one attached hydrogen (secondary N) is 1. The molecule has 21 heavy (non-hydrogen) atoms. The molecule has 2 heterocycles. The lowest BCUT2D eigenvalue weighted by molar-refractivity contribution is -0.138. The lowest BCUT2D eigenvalue weighted by Crippen LogP contribution is -2.48. The summed E-state index contributed by atoms with van der Waals surface area (Å²) >= 11 is 0. The van der Waals surface area contributed by atoms with Crippen LogP contribution in [0.15, 0.2) is 0 Å². The first-order valence-corrected chi connectivity index (χ1v) is 7.48. The van der Waals surface area contributed by atoms with E-state index in [2.05, 4.69) is 5.32 Å². The number of rotatable bonds is 3. The van der Waals surface area contributed by atoms with Crippen LogP contribution in [0, 0.1) is 5.92 Å². The summed E-state index contributed by atoms with van der Waals surface area (Å²) in [7, 11) is 0. The van der Waals surface area contributed by atoms with E-state index >= 15 is 0 Å². The van der Waals surface area contributed by atoms with Crippen LogP contribution in [0.4, 0.5) is 4.79 Å². The molecular weight excluding hydrogens is 274 g/mol. The predicted octanol–water partition coefficient (Wildman–Crippen LogP) is 0.504. The van der Waals surface area contributed by atoms with Crippen LogP contribution in [0.25, 0.3) is 0 Å². The molecule has 2 atom stereocenters. The zero-order valence-corrected chi connectivity index (χ0v) is 12.4. The number of carboxylic acid groups (broad SMARTS) is 1. The zero-order chi connectivity index (χ0) is 15.4. The van der Waals surface area contributed by atoms with Crippen LogP contribution >= 0.6 is 0 Å². The molecule has 0 aromatic rings. The first-order valence-electron chi connectivity index (χ1n) is 7.48. The average molecular weight is 297 g/mol. The molecule has 2 aliphatic rings. The number of piperidine rings is 1. The average Bonchev–Trinajstić information content (AvgIpc) is 2.85. The number of amides is 3. The molecule has 3 amide bonds. The third kappa shape index (κ3) is 4.34. The summed E-state index contributed by atoms with van der Waals surface area (Å²) < 4.78 is 0. The molecule has 0 aliphatic carbocycles. The van der Waals surface area contributed by atoms with E-state index in [1.165, 1.54) is 6.92 Å². The van der Waals surface area contributed by atoms with Gasteiger partial charge in [0.1, 0.15) is 0 Å². The number of carbonyl (C=O) groups excluding carboxylic acids is 2. The van der Waals surface area contributed by atoms with Crippen LogP contribution in [-0.4, -0.2) is 65.0 Å². The number of urea groups is 1. The molecule has 7 heteroatoms. The zero-order valence-electron chi connectivity index (χ0n) is 12.4. The maximum absolute atomic E-state index is 12.5. The van der Waals surface area contributed by atoms with Gasteiger partial charge >= 0.3 is 12.0 Å². The van der Waals surface area contributed by atoms with Crippen LogP contribution < -0.4 is 5.32 Å². The highest BCUT2D eigenvalue weighted by Crippen LogP contribution is 2.22. The summed E-state index contributed by atoms with van der Waals surface area (Å²) in [6.45, 7) is 3.87. The fraction of sp³-hybridized carbons (Fsp3) is 0.786. The Morgan fingerprint density at radius 2 is 1.86 bits per heavy atom. The first-order chi connectivity index (χ1) is 9.95. The summed E-state index contributed by atoms with van der Waals surface area (Å²) in [5.74, 6) is -0.830. The van der Waals surface area contributed by atoms with Gasteiger partial charge in [-0.1, -0.05) is 0 Å². The van der Waals surface area contributed by atoms with Crippen LogP contribution in [0.1, 0.15) is 32.6 Å². The van der Waals surface area contributed by atoms with Crippen LogP contribution in [0.2, 0.25) is 0 Å².